The number of ether oxygens (including phenoxy) is 2. The minimum absolute atomic E-state index is 0.447. The number of hydrogen-bond acceptors (Lipinski definition) is 6. The summed E-state index contributed by atoms with van der Waals surface area (Å²) in [6.45, 7) is 0. The molecule has 0 saturated carbocycles. The molecule has 3 rings (SSSR count). The molecule has 0 radical (unpaired) electrons. The Labute approximate surface area is 137 Å². The van der Waals surface area contributed by atoms with Crippen LogP contribution in [0.15, 0.2) is 35.7 Å². The molecule has 23 heavy (non-hydrogen) atoms. The van der Waals surface area contributed by atoms with Crippen molar-refractivity contribution in [2.45, 2.75) is 0 Å². The number of nitrogens with one attached hydrogen (secondary N) is 2. The number of nitrogens with zero attached hydrogens (tertiary/aromatic N) is 2. The number of methoxy groups -OCH3 is 2. The lowest BCUT2D eigenvalue weighted by Gasteiger charge is -2.11. The van der Waals surface area contributed by atoms with Crippen LogP contribution >= 0.6 is 11.3 Å². The van der Waals surface area contributed by atoms with Crippen molar-refractivity contribution in [3.8, 4) is 28.1 Å². The van der Waals surface area contributed by atoms with Gasteiger partial charge in [0.2, 0.25) is 0 Å². The molecular weight excluding hydrogens is 312 g/mol. The molecule has 0 unspecified atom stereocenters. The predicted octanol–water partition coefficient (Wildman–Crippen LogP) is 3.77. The van der Waals surface area contributed by atoms with Gasteiger partial charge in [-0.05, 0) is 23.6 Å². The molecule has 0 bridgehead atoms. The highest BCUT2D eigenvalue weighted by Gasteiger charge is 2.17. The number of aromatic nitrogens is 2. The number of rotatable bonds is 5. The minimum atomic E-state index is 0.447. The third-order valence-corrected chi connectivity index (χ3v) is 4.19. The number of aromatic amines is 1. The Morgan fingerprint density at radius 3 is 2.78 bits per heavy atom. The van der Waals surface area contributed by atoms with E-state index in [4.69, 9.17) is 9.47 Å². The third-order valence-electron chi connectivity index (χ3n) is 3.31. The van der Waals surface area contributed by atoms with Gasteiger partial charge in [0.1, 0.15) is 23.1 Å². The van der Waals surface area contributed by atoms with Crippen LogP contribution in [0, 0.1) is 11.3 Å². The number of anilines is 2. The Morgan fingerprint density at radius 2 is 2.13 bits per heavy atom. The number of nitriles is 1. The number of benzene rings is 1. The zero-order chi connectivity index (χ0) is 16.2. The van der Waals surface area contributed by atoms with Gasteiger partial charge in [0.15, 0.2) is 5.82 Å². The summed E-state index contributed by atoms with van der Waals surface area (Å²) in [5, 5.41) is 21.7. The van der Waals surface area contributed by atoms with Crippen LogP contribution in [0.3, 0.4) is 0 Å². The second kappa shape index (κ2) is 6.42. The summed E-state index contributed by atoms with van der Waals surface area (Å²) in [5.41, 5.74) is 1.83. The van der Waals surface area contributed by atoms with E-state index < -0.39 is 0 Å². The second-order valence-corrected chi connectivity index (χ2v) is 5.55. The summed E-state index contributed by atoms with van der Waals surface area (Å²) in [6.07, 6.45) is 0. The van der Waals surface area contributed by atoms with E-state index in [1.807, 2.05) is 17.5 Å². The van der Waals surface area contributed by atoms with Crippen LogP contribution in [0.1, 0.15) is 5.56 Å². The molecule has 0 aliphatic carbocycles. The molecule has 1 aromatic carbocycles. The molecule has 3 aromatic rings. The molecule has 0 saturated heterocycles. The number of thiophene rings is 1. The largest absolute Gasteiger partial charge is 0.497 e. The van der Waals surface area contributed by atoms with Crippen LogP contribution in [0.25, 0.3) is 10.6 Å². The highest BCUT2D eigenvalue weighted by molar-refractivity contribution is 7.13. The van der Waals surface area contributed by atoms with Crippen molar-refractivity contribution in [1.82, 2.24) is 10.2 Å². The highest BCUT2D eigenvalue weighted by Crippen LogP contribution is 2.35. The molecule has 0 atom stereocenters. The summed E-state index contributed by atoms with van der Waals surface area (Å²) < 4.78 is 10.6. The fourth-order valence-electron chi connectivity index (χ4n) is 2.18. The Bertz CT molecular complexity index is 850. The molecule has 2 aromatic heterocycles. The summed E-state index contributed by atoms with van der Waals surface area (Å²) in [5.74, 6) is 1.76. The van der Waals surface area contributed by atoms with Crippen LogP contribution in [-0.2, 0) is 0 Å². The normalized spacial score (nSPS) is 10.1. The maximum absolute atomic E-state index is 9.49. The van der Waals surface area contributed by atoms with Crippen molar-refractivity contribution < 1.29 is 9.47 Å². The standard InChI is InChI=1S/C16H14N4O2S/c1-21-10-5-6-13(22-2)12(8-10)18-16-11(9-17)15(19-20-16)14-4-3-7-23-14/h3-8H,1-2H3,(H2,18,19,20). The van der Waals surface area contributed by atoms with Gasteiger partial charge in [-0.2, -0.15) is 10.4 Å². The van der Waals surface area contributed by atoms with Crippen molar-refractivity contribution in [2.24, 2.45) is 0 Å². The lowest BCUT2D eigenvalue weighted by Crippen LogP contribution is -1.97. The van der Waals surface area contributed by atoms with Gasteiger partial charge in [0.05, 0.1) is 30.5 Å². The number of H-pyrrole nitrogens is 1. The first-order valence-electron chi connectivity index (χ1n) is 6.78. The van der Waals surface area contributed by atoms with Crippen LogP contribution < -0.4 is 14.8 Å². The van der Waals surface area contributed by atoms with E-state index in [2.05, 4.69) is 21.6 Å². The molecule has 6 nitrogen and oxygen atoms in total. The third kappa shape index (κ3) is 2.84. The first-order valence-corrected chi connectivity index (χ1v) is 7.66. The fraction of sp³-hybridized carbons (Fsp3) is 0.125. The highest BCUT2D eigenvalue weighted by atomic mass is 32.1. The van der Waals surface area contributed by atoms with E-state index >= 15 is 0 Å². The summed E-state index contributed by atoms with van der Waals surface area (Å²) in [6, 6.07) is 11.5. The Balaban J connectivity index is 2.00. The van der Waals surface area contributed by atoms with Gasteiger partial charge in [-0.3, -0.25) is 5.10 Å². The molecule has 116 valence electrons. The monoisotopic (exact) mass is 326 g/mol. The molecule has 7 heteroatoms. The zero-order valence-electron chi connectivity index (χ0n) is 12.6. The number of hydrogen-bond donors (Lipinski definition) is 2. The molecule has 0 fully saturated rings. The molecule has 0 aliphatic heterocycles. The van der Waals surface area contributed by atoms with E-state index in [-0.39, 0.29) is 0 Å². The molecule has 0 amide bonds. The van der Waals surface area contributed by atoms with E-state index in [1.54, 1.807) is 43.8 Å². The molecule has 0 spiro atoms. The fourth-order valence-corrected chi connectivity index (χ4v) is 2.91. The van der Waals surface area contributed by atoms with Crippen molar-refractivity contribution in [2.75, 3.05) is 19.5 Å². The van der Waals surface area contributed by atoms with Gasteiger partial charge in [0.25, 0.3) is 0 Å². The van der Waals surface area contributed by atoms with Gasteiger partial charge < -0.3 is 14.8 Å². The molecular formula is C16H14N4O2S. The summed E-state index contributed by atoms with van der Waals surface area (Å²) in [7, 11) is 3.18. The lowest BCUT2D eigenvalue weighted by atomic mass is 10.2. The lowest BCUT2D eigenvalue weighted by molar-refractivity contribution is 0.405. The van der Waals surface area contributed by atoms with Crippen molar-refractivity contribution >= 4 is 22.8 Å². The maximum Gasteiger partial charge on any atom is 0.170 e. The van der Waals surface area contributed by atoms with E-state index in [0.29, 0.717) is 34.3 Å². The first-order chi connectivity index (χ1) is 11.3. The van der Waals surface area contributed by atoms with Crippen molar-refractivity contribution in [3.05, 3.63) is 41.3 Å². The van der Waals surface area contributed by atoms with Gasteiger partial charge in [-0.25, -0.2) is 0 Å². The van der Waals surface area contributed by atoms with E-state index in [9.17, 15) is 5.26 Å². The zero-order valence-corrected chi connectivity index (χ0v) is 13.4. The minimum Gasteiger partial charge on any atom is -0.497 e. The quantitative estimate of drug-likeness (QED) is 0.745. The average molecular weight is 326 g/mol. The summed E-state index contributed by atoms with van der Waals surface area (Å²) >= 11 is 1.54. The summed E-state index contributed by atoms with van der Waals surface area (Å²) in [4.78, 5) is 0.958. The van der Waals surface area contributed by atoms with E-state index in [0.717, 1.165) is 4.88 Å². The van der Waals surface area contributed by atoms with Gasteiger partial charge in [-0.1, -0.05) is 6.07 Å². The van der Waals surface area contributed by atoms with Crippen LogP contribution in [0.5, 0.6) is 11.5 Å². The first kappa shape index (κ1) is 14.9. The average Bonchev–Trinajstić information content (AvgIpc) is 3.23. The molecule has 0 aliphatic rings. The molecule has 2 N–H and O–H groups in total. The topological polar surface area (TPSA) is 83.0 Å². The molecule has 2 heterocycles. The predicted molar refractivity (Wildman–Crippen MR) is 89.4 cm³/mol. The van der Waals surface area contributed by atoms with Gasteiger partial charge >= 0.3 is 0 Å². The van der Waals surface area contributed by atoms with Crippen LogP contribution in [0.2, 0.25) is 0 Å². The van der Waals surface area contributed by atoms with E-state index in [1.165, 1.54) is 0 Å². The Morgan fingerprint density at radius 1 is 1.26 bits per heavy atom. The Hall–Kier alpha value is -2.98. The van der Waals surface area contributed by atoms with Crippen molar-refractivity contribution in [1.29, 1.82) is 5.26 Å². The van der Waals surface area contributed by atoms with Crippen LogP contribution in [0.4, 0.5) is 11.5 Å². The Kier molecular flexibility index (Phi) is 4.17. The SMILES string of the molecule is COc1ccc(OC)c(Nc2n[nH]c(-c3cccs3)c2C#N)c1. The second-order valence-electron chi connectivity index (χ2n) is 4.60. The van der Waals surface area contributed by atoms with Crippen LogP contribution in [-0.4, -0.2) is 24.4 Å². The van der Waals surface area contributed by atoms with Gasteiger partial charge in [-0.15, -0.1) is 11.3 Å². The van der Waals surface area contributed by atoms with Crippen molar-refractivity contribution in [3.63, 3.8) is 0 Å². The smallest absolute Gasteiger partial charge is 0.170 e. The van der Waals surface area contributed by atoms with Gasteiger partial charge in [0, 0.05) is 6.07 Å². The maximum atomic E-state index is 9.49.